The van der Waals surface area contributed by atoms with Crippen molar-refractivity contribution in [3.8, 4) is 11.5 Å². The zero-order chi connectivity index (χ0) is 16.4. The van der Waals surface area contributed by atoms with Crippen LogP contribution in [0.5, 0.6) is 11.5 Å². The summed E-state index contributed by atoms with van der Waals surface area (Å²) in [5.74, 6) is 0.483. The lowest BCUT2D eigenvalue weighted by Crippen LogP contribution is -2.72. The van der Waals surface area contributed by atoms with Gasteiger partial charge in [0.15, 0.2) is 23.4 Å². The number of hydrogen-bond acceptors (Lipinski definition) is 5. The van der Waals surface area contributed by atoms with Gasteiger partial charge in [-0.15, -0.1) is 0 Å². The van der Waals surface area contributed by atoms with Gasteiger partial charge in [-0.25, -0.2) is 0 Å². The molecule has 1 aromatic carbocycles. The van der Waals surface area contributed by atoms with Crippen LogP contribution < -0.4 is 10.1 Å². The number of Topliss-reactive ketones (excluding diaryl/α,β-unsaturated/α-hetero) is 1. The number of ketones is 1. The first-order chi connectivity index (χ1) is 11.0. The summed E-state index contributed by atoms with van der Waals surface area (Å²) in [4.78, 5) is 12.6. The molecule has 3 aliphatic rings. The SMILES string of the molecule is CCNC1Cc2ccc(O)c3c2[C@@]2(CC)[C@@H](O3)C(=O)CC[C@@]12O. The monoisotopic (exact) mass is 317 g/mol. The van der Waals surface area contributed by atoms with Gasteiger partial charge in [-0.3, -0.25) is 4.79 Å². The smallest absolute Gasteiger partial charge is 0.174 e. The van der Waals surface area contributed by atoms with Crippen molar-refractivity contribution in [2.24, 2.45) is 0 Å². The van der Waals surface area contributed by atoms with Crippen LogP contribution >= 0.6 is 0 Å². The maximum atomic E-state index is 12.6. The topological polar surface area (TPSA) is 78.8 Å². The first-order valence-corrected chi connectivity index (χ1v) is 8.50. The lowest BCUT2D eigenvalue weighted by molar-refractivity contribution is -0.158. The Morgan fingerprint density at radius 2 is 2.17 bits per heavy atom. The van der Waals surface area contributed by atoms with Gasteiger partial charge in [-0.1, -0.05) is 19.9 Å². The molecule has 1 saturated carbocycles. The number of carbonyl (C=O) groups is 1. The van der Waals surface area contributed by atoms with Gasteiger partial charge in [0, 0.05) is 18.0 Å². The van der Waals surface area contributed by atoms with Crippen molar-refractivity contribution in [2.45, 2.75) is 62.7 Å². The number of ether oxygens (including phenoxy) is 1. The number of likely N-dealkylation sites (N-methyl/N-ethyl adjacent to an activating group) is 1. The van der Waals surface area contributed by atoms with Crippen LogP contribution in [-0.2, 0) is 16.6 Å². The van der Waals surface area contributed by atoms with E-state index in [4.69, 9.17) is 4.74 Å². The van der Waals surface area contributed by atoms with Gasteiger partial charge in [-0.05, 0) is 37.4 Å². The minimum Gasteiger partial charge on any atom is -0.504 e. The average molecular weight is 317 g/mol. The fourth-order valence-corrected chi connectivity index (χ4v) is 5.22. The number of carbonyl (C=O) groups excluding carboxylic acids is 1. The molecular weight excluding hydrogens is 294 g/mol. The van der Waals surface area contributed by atoms with Crippen molar-refractivity contribution >= 4 is 5.78 Å². The molecule has 23 heavy (non-hydrogen) atoms. The van der Waals surface area contributed by atoms with Crippen LogP contribution in [0.15, 0.2) is 12.1 Å². The number of aromatic hydroxyl groups is 1. The minimum absolute atomic E-state index is 0.0234. The molecule has 5 heteroatoms. The molecule has 2 aliphatic carbocycles. The molecule has 0 aromatic heterocycles. The summed E-state index contributed by atoms with van der Waals surface area (Å²) in [5.41, 5.74) is 0.112. The van der Waals surface area contributed by atoms with Gasteiger partial charge in [0.25, 0.3) is 0 Å². The van der Waals surface area contributed by atoms with Gasteiger partial charge in [0.1, 0.15) is 0 Å². The highest BCUT2D eigenvalue weighted by atomic mass is 16.5. The normalized spacial score (nSPS) is 37.4. The fraction of sp³-hybridized carbons (Fsp3) is 0.611. The summed E-state index contributed by atoms with van der Waals surface area (Å²) in [6.07, 6.45) is 1.33. The number of benzene rings is 1. The van der Waals surface area contributed by atoms with E-state index in [0.717, 1.165) is 17.7 Å². The molecule has 0 saturated heterocycles. The summed E-state index contributed by atoms with van der Waals surface area (Å²) in [6.45, 7) is 4.78. The molecule has 1 fully saturated rings. The second-order valence-electron chi connectivity index (χ2n) is 6.98. The first kappa shape index (κ1) is 15.0. The van der Waals surface area contributed by atoms with Crippen LogP contribution in [0.3, 0.4) is 0 Å². The molecule has 3 N–H and O–H groups in total. The van der Waals surface area contributed by atoms with Crippen molar-refractivity contribution in [2.75, 3.05) is 6.54 Å². The van der Waals surface area contributed by atoms with Gasteiger partial charge in [-0.2, -0.15) is 0 Å². The maximum absolute atomic E-state index is 12.6. The Morgan fingerprint density at radius 1 is 1.39 bits per heavy atom. The number of aliphatic hydroxyl groups is 1. The molecule has 1 heterocycles. The molecule has 1 aliphatic heterocycles. The Balaban J connectivity index is 2.02. The highest BCUT2D eigenvalue weighted by Crippen LogP contribution is 2.62. The van der Waals surface area contributed by atoms with Gasteiger partial charge >= 0.3 is 0 Å². The number of nitrogens with one attached hydrogen (secondary N) is 1. The molecule has 5 nitrogen and oxygen atoms in total. The summed E-state index contributed by atoms with van der Waals surface area (Å²) < 4.78 is 5.94. The quantitative estimate of drug-likeness (QED) is 0.786. The highest BCUT2D eigenvalue weighted by molar-refractivity contribution is 5.89. The standard InChI is InChI=1S/C18H23NO4/c1-3-17-14-10-5-6-11(20)15(14)23-16(17)12(21)7-8-18(17,22)13(9-10)19-4-2/h5-6,13,16,19-20,22H,3-4,7-9H2,1-2H3/t13?,16-,17-,18+/m0/s1. The molecule has 124 valence electrons. The third kappa shape index (κ3) is 1.57. The fourth-order valence-electron chi connectivity index (χ4n) is 5.22. The van der Waals surface area contributed by atoms with E-state index in [1.165, 1.54) is 0 Å². The third-order valence-electron chi connectivity index (χ3n) is 6.18. The van der Waals surface area contributed by atoms with E-state index >= 15 is 0 Å². The van der Waals surface area contributed by atoms with Gasteiger partial charge in [0.05, 0.1) is 11.0 Å². The number of rotatable bonds is 3. The van der Waals surface area contributed by atoms with E-state index in [0.29, 0.717) is 31.4 Å². The van der Waals surface area contributed by atoms with Crippen LogP contribution in [-0.4, -0.2) is 40.3 Å². The van der Waals surface area contributed by atoms with Crippen molar-refractivity contribution in [3.05, 3.63) is 23.3 Å². The molecule has 4 rings (SSSR count). The van der Waals surface area contributed by atoms with Crippen LogP contribution in [0.4, 0.5) is 0 Å². The van der Waals surface area contributed by atoms with Crippen LogP contribution in [0, 0.1) is 0 Å². The van der Waals surface area contributed by atoms with E-state index in [9.17, 15) is 15.0 Å². The van der Waals surface area contributed by atoms with E-state index < -0.39 is 17.1 Å². The van der Waals surface area contributed by atoms with Gasteiger partial charge < -0.3 is 20.3 Å². The minimum atomic E-state index is -1.04. The molecule has 1 aromatic rings. The third-order valence-corrected chi connectivity index (χ3v) is 6.18. The van der Waals surface area contributed by atoms with Crippen LogP contribution in [0.2, 0.25) is 0 Å². The van der Waals surface area contributed by atoms with Crippen molar-refractivity contribution in [3.63, 3.8) is 0 Å². The molecule has 0 amide bonds. The van der Waals surface area contributed by atoms with Crippen LogP contribution in [0.25, 0.3) is 0 Å². The summed E-state index contributed by atoms with van der Waals surface area (Å²) in [7, 11) is 0. The first-order valence-electron chi connectivity index (χ1n) is 8.50. The molecule has 0 radical (unpaired) electrons. The second-order valence-corrected chi connectivity index (χ2v) is 6.98. The van der Waals surface area contributed by atoms with Crippen molar-refractivity contribution in [1.82, 2.24) is 5.32 Å². The largest absolute Gasteiger partial charge is 0.504 e. The van der Waals surface area contributed by atoms with E-state index in [-0.39, 0.29) is 17.6 Å². The number of hydrogen-bond donors (Lipinski definition) is 3. The predicted molar refractivity (Wildman–Crippen MR) is 84.9 cm³/mol. The Hall–Kier alpha value is -1.59. The Kier molecular flexibility index (Phi) is 3.06. The highest BCUT2D eigenvalue weighted by Gasteiger charge is 2.70. The average Bonchev–Trinajstić information content (AvgIpc) is 2.91. The molecule has 4 atom stereocenters. The maximum Gasteiger partial charge on any atom is 0.174 e. The number of phenolic OH excluding ortho intramolecular Hbond substituents is 1. The Morgan fingerprint density at radius 3 is 2.87 bits per heavy atom. The summed E-state index contributed by atoms with van der Waals surface area (Å²) in [6, 6.07) is 3.42. The lowest BCUT2D eigenvalue weighted by atomic mass is 9.51. The molecule has 0 spiro atoms. The van der Waals surface area contributed by atoms with E-state index in [2.05, 4.69) is 5.32 Å². The molecular formula is C18H23NO4. The predicted octanol–water partition coefficient (Wildman–Crippen LogP) is 1.43. The zero-order valence-electron chi connectivity index (χ0n) is 13.6. The van der Waals surface area contributed by atoms with E-state index in [1.807, 2.05) is 19.9 Å². The summed E-state index contributed by atoms with van der Waals surface area (Å²) in [5, 5.41) is 25.4. The molecule has 0 bridgehead atoms. The van der Waals surface area contributed by atoms with E-state index in [1.54, 1.807) is 6.07 Å². The van der Waals surface area contributed by atoms with Crippen molar-refractivity contribution in [1.29, 1.82) is 0 Å². The Bertz CT molecular complexity index is 688. The van der Waals surface area contributed by atoms with Crippen LogP contribution in [0.1, 0.15) is 44.2 Å². The van der Waals surface area contributed by atoms with Crippen molar-refractivity contribution < 1.29 is 19.7 Å². The summed E-state index contributed by atoms with van der Waals surface area (Å²) >= 11 is 0. The molecule has 1 unspecified atom stereocenters. The number of phenols is 1. The second kappa shape index (κ2) is 4.71. The Labute approximate surface area is 135 Å². The lowest BCUT2D eigenvalue weighted by Gasteiger charge is -2.56. The van der Waals surface area contributed by atoms with Gasteiger partial charge in [0.2, 0.25) is 0 Å². The zero-order valence-corrected chi connectivity index (χ0v) is 13.6.